The molecule has 0 amide bonds. The molecular weight excluding hydrogens is 234 g/mol. The van der Waals surface area contributed by atoms with Crippen LogP contribution in [0.25, 0.3) is 0 Å². The third-order valence-corrected chi connectivity index (χ3v) is 4.14. The molecule has 114 valence electrons. The van der Waals surface area contributed by atoms with Crippen molar-refractivity contribution in [2.24, 2.45) is 11.8 Å². The van der Waals surface area contributed by atoms with Crippen molar-refractivity contribution in [2.75, 3.05) is 40.3 Å². The molecule has 0 radical (unpaired) electrons. The van der Waals surface area contributed by atoms with Crippen molar-refractivity contribution >= 4 is 0 Å². The fraction of sp³-hybridized carbons (Fsp3) is 1.00. The third kappa shape index (κ3) is 7.28. The number of hydrogen-bond acceptors (Lipinski definition) is 3. The highest BCUT2D eigenvalue weighted by atomic mass is 15.2. The van der Waals surface area contributed by atoms with Gasteiger partial charge in [-0.3, -0.25) is 4.90 Å². The van der Waals surface area contributed by atoms with E-state index >= 15 is 0 Å². The minimum Gasteiger partial charge on any atom is -0.314 e. The number of nitrogens with one attached hydrogen (secondary N) is 1. The summed E-state index contributed by atoms with van der Waals surface area (Å²) >= 11 is 0. The van der Waals surface area contributed by atoms with Crippen LogP contribution in [0.5, 0.6) is 0 Å². The Morgan fingerprint density at radius 1 is 1.05 bits per heavy atom. The van der Waals surface area contributed by atoms with Crippen molar-refractivity contribution in [3.63, 3.8) is 0 Å². The third-order valence-electron chi connectivity index (χ3n) is 4.14. The summed E-state index contributed by atoms with van der Waals surface area (Å²) in [5.74, 6) is 1.47. The van der Waals surface area contributed by atoms with Crippen LogP contribution in [0.3, 0.4) is 0 Å². The summed E-state index contributed by atoms with van der Waals surface area (Å²) in [6.45, 7) is 14.1. The van der Waals surface area contributed by atoms with Crippen molar-refractivity contribution in [2.45, 2.75) is 52.6 Å². The van der Waals surface area contributed by atoms with E-state index in [4.69, 9.17) is 0 Å². The summed E-state index contributed by atoms with van der Waals surface area (Å²) in [5, 5.41) is 3.67. The normalized spacial score (nSPS) is 19.4. The highest BCUT2D eigenvalue weighted by Crippen LogP contribution is 2.20. The van der Waals surface area contributed by atoms with Gasteiger partial charge in [0.25, 0.3) is 0 Å². The number of likely N-dealkylation sites (N-methyl/N-ethyl adjacent to an activating group) is 1. The maximum Gasteiger partial charge on any atom is 0.0112 e. The first-order chi connectivity index (χ1) is 8.90. The number of rotatable bonds is 10. The Hall–Kier alpha value is -0.120. The smallest absolute Gasteiger partial charge is 0.0112 e. The Morgan fingerprint density at radius 2 is 1.68 bits per heavy atom. The first-order valence-corrected chi connectivity index (χ1v) is 8.02. The Morgan fingerprint density at radius 3 is 2.16 bits per heavy atom. The van der Waals surface area contributed by atoms with Crippen LogP contribution in [0.15, 0.2) is 0 Å². The minimum atomic E-state index is 0.661. The summed E-state index contributed by atoms with van der Waals surface area (Å²) in [5.41, 5.74) is 0. The molecule has 2 unspecified atom stereocenters. The molecule has 0 aliphatic heterocycles. The molecule has 0 saturated heterocycles. The molecule has 1 rings (SSSR count). The molecular formula is C16H35N3. The van der Waals surface area contributed by atoms with E-state index in [2.05, 4.69) is 56.9 Å². The van der Waals surface area contributed by atoms with E-state index in [-0.39, 0.29) is 0 Å². The predicted molar refractivity (Wildman–Crippen MR) is 84.6 cm³/mol. The molecule has 0 aromatic carbocycles. The first-order valence-electron chi connectivity index (χ1n) is 8.02. The Kier molecular flexibility index (Phi) is 7.33. The lowest BCUT2D eigenvalue weighted by Crippen LogP contribution is -2.45. The lowest BCUT2D eigenvalue weighted by molar-refractivity contribution is 0.131. The van der Waals surface area contributed by atoms with Gasteiger partial charge in [0.15, 0.2) is 0 Å². The van der Waals surface area contributed by atoms with Gasteiger partial charge in [-0.15, -0.1) is 0 Å². The molecule has 2 atom stereocenters. The maximum absolute atomic E-state index is 3.67. The van der Waals surface area contributed by atoms with Crippen LogP contribution in [0, 0.1) is 11.8 Å². The Balaban J connectivity index is 2.39. The topological polar surface area (TPSA) is 18.5 Å². The first kappa shape index (κ1) is 16.9. The van der Waals surface area contributed by atoms with E-state index in [9.17, 15) is 0 Å². The largest absolute Gasteiger partial charge is 0.314 e. The van der Waals surface area contributed by atoms with Crippen molar-refractivity contribution < 1.29 is 0 Å². The van der Waals surface area contributed by atoms with Gasteiger partial charge in [0.2, 0.25) is 0 Å². The van der Waals surface area contributed by atoms with E-state index in [1.165, 1.54) is 32.5 Å². The van der Waals surface area contributed by atoms with Crippen LogP contribution in [0.4, 0.5) is 0 Å². The van der Waals surface area contributed by atoms with Crippen LogP contribution < -0.4 is 5.32 Å². The van der Waals surface area contributed by atoms with E-state index < -0.39 is 0 Å². The molecule has 0 aromatic rings. The maximum atomic E-state index is 3.67. The second-order valence-corrected chi connectivity index (χ2v) is 7.09. The van der Waals surface area contributed by atoms with Gasteiger partial charge in [0, 0.05) is 31.7 Å². The Labute approximate surface area is 120 Å². The molecule has 0 heterocycles. The fourth-order valence-electron chi connectivity index (χ4n) is 2.43. The van der Waals surface area contributed by atoms with E-state index in [1.807, 2.05) is 0 Å². The van der Waals surface area contributed by atoms with Gasteiger partial charge in [0.1, 0.15) is 0 Å². The van der Waals surface area contributed by atoms with Crippen LogP contribution in [0.1, 0.15) is 40.5 Å². The number of nitrogens with zero attached hydrogens (tertiary/aromatic N) is 2. The molecule has 1 aliphatic carbocycles. The van der Waals surface area contributed by atoms with Gasteiger partial charge in [-0.2, -0.15) is 0 Å². The molecule has 1 aliphatic rings. The van der Waals surface area contributed by atoms with Crippen LogP contribution in [-0.2, 0) is 0 Å². The van der Waals surface area contributed by atoms with Gasteiger partial charge in [-0.1, -0.05) is 20.8 Å². The lowest BCUT2D eigenvalue weighted by Gasteiger charge is -2.35. The lowest BCUT2D eigenvalue weighted by atomic mass is 10.0. The second-order valence-electron chi connectivity index (χ2n) is 7.09. The molecule has 0 bridgehead atoms. The SMILES string of the molecule is CC(C)CN(CCN(C)C)C(C)C(C)CNC1CC1. The molecule has 0 aromatic heterocycles. The second kappa shape index (κ2) is 8.23. The average Bonchev–Trinajstić information content (AvgIpc) is 3.13. The molecule has 0 spiro atoms. The molecule has 1 N–H and O–H groups in total. The summed E-state index contributed by atoms with van der Waals surface area (Å²) in [7, 11) is 4.33. The highest BCUT2D eigenvalue weighted by Gasteiger charge is 2.24. The average molecular weight is 269 g/mol. The number of hydrogen-bond donors (Lipinski definition) is 1. The summed E-state index contributed by atoms with van der Waals surface area (Å²) in [4.78, 5) is 4.96. The van der Waals surface area contributed by atoms with Crippen LogP contribution in [0.2, 0.25) is 0 Å². The fourth-order valence-corrected chi connectivity index (χ4v) is 2.43. The zero-order valence-electron chi connectivity index (χ0n) is 13.9. The van der Waals surface area contributed by atoms with Gasteiger partial charge < -0.3 is 10.2 Å². The standard InChI is InChI=1S/C16H35N3/c1-13(2)12-19(10-9-18(5)6)15(4)14(3)11-17-16-7-8-16/h13-17H,7-12H2,1-6H3. The van der Waals surface area contributed by atoms with Crippen LogP contribution in [-0.4, -0.2) is 62.2 Å². The minimum absolute atomic E-state index is 0.661. The van der Waals surface area contributed by atoms with Crippen molar-refractivity contribution in [1.29, 1.82) is 0 Å². The van der Waals surface area contributed by atoms with Crippen LogP contribution >= 0.6 is 0 Å². The zero-order valence-corrected chi connectivity index (χ0v) is 13.9. The van der Waals surface area contributed by atoms with Crippen molar-refractivity contribution in [3.8, 4) is 0 Å². The predicted octanol–water partition coefficient (Wildman–Crippen LogP) is 2.28. The van der Waals surface area contributed by atoms with Gasteiger partial charge in [-0.05, 0) is 52.2 Å². The summed E-state index contributed by atoms with van der Waals surface area (Å²) < 4.78 is 0. The zero-order chi connectivity index (χ0) is 14.4. The van der Waals surface area contributed by atoms with Crippen molar-refractivity contribution in [3.05, 3.63) is 0 Å². The highest BCUT2D eigenvalue weighted by molar-refractivity contribution is 4.83. The van der Waals surface area contributed by atoms with E-state index in [0.29, 0.717) is 6.04 Å². The van der Waals surface area contributed by atoms with Gasteiger partial charge in [0.05, 0.1) is 0 Å². The molecule has 1 saturated carbocycles. The van der Waals surface area contributed by atoms with Gasteiger partial charge >= 0.3 is 0 Å². The van der Waals surface area contributed by atoms with E-state index in [1.54, 1.807) is 0 Å². The quantitative estimate of drug-likeness (QED) is 0.656. The summed E-state index contributed by atoms with van der Waals surface area (Å²) in [6.07, 6.45) is 2.77. The van der Waals surface area contributed by atoms with Gasteiger partial charge in [-0.25, -0.2) is 0 Å². The molecule has 19 heavy (non-hydrogen) atoms. The summed E-state index contributed by atoms with van der Waals surface area (Å²) in [6, 6.07) is 1.49. The Bertz CT molecular complexity index is 236. The molecule has 3 heteroatoms. The molecule has 1 fully saturated rings. The monoisotopic (exact) mass is 269 g/mol. The van der Waals surface area contributed by atoms with E-state index in [0.717, 1.165) is 24.4 Å². The van der Waals surface area contributed by atoms with Crippen molar-refractivity contribution in [1.82, 2.24) is 15.1 Å². The molecule has 3 nitrogen and oxygen atoms in total.